The van der Waals surface area contributed by atoms with E-state index in [0.717, 1.165) is 35.8 Å². The summed E-state index contributed by atoms with van der Waals surface area (Å²) in [6.45, 7) is 3.71. The second kappa shape index (κ2) is 10.9. The second-order valence-electron chi connectivity index (χ2n) is 7.46. The van der Waals surface area contributed by atoms with E-state index in [1.165, 1.54) is 18.2 Å². The van der Waals surface area contributed by atoms with E-state index < -0.39 is 0 Å². The van der Waals surface area contributed by atoms with Crippen LogP contribution in [0, 0.1) is 0 Å². The van der Waals surface area contributed by atoms with Gasteiger partial charge in [0.2, 0.25) is 5.95 Å². The number of hydrogen-bond donors (Lipinski definition) is 2. The maximum absolute atomic E-state index is 6.24. The summed E-state index contributed by atoms with van der Waals surface area (Å²) in [4.78, 5) is 20.3. The molecule has 0 radical (unpaired) electrons. The first-order chi connectivity index (χ1) is 15.6. The van der Waals surface area contributed by atoms with Crippen LogP contribution in [0.1, 0.15) is 31.7 Å². The molecule has 0 amide bonds. The molecule has 0 spiro atoms. The highest BCUT2D eigenvalue weighted by molar-refractivity contribution is 7.99. The average molecular weight is 486 g/mol. The van der Waals surface area contributed by atoms with Crippen molar-refractivity contribution in [3.63, 3.8) is 0 Å². The standard InChI is InChI=1S/C22H24ClN7S2/c1-15-7-4-5-12-30(15)18-13-19(32-22-24-10-6-11-25-22)28-20(27-18)29-21(31)26-14-16-8-2-3-9-17(16)23/h2-3,6,8-11,13,15H,4-5,7,12,14H2,1H3,(H2,26,27,28,29,31)/t15-/m1/s1. The molecule has 2 aromatic heterocycles. The number of halogens is 1. The van der Waals surface area contributed by atoms with Crippen LogP contribution in [0.5, 0.6) is 0 Å². The molecular formula is C22H24ClN7S2. The number of nitrogens with zero attached hydrogens (tertiary/aromatic N) is 5. The molecule has 1 saturated heterocycles. The van der Waals surface area contributed by atoms with Crippen molar-refractivity contribution in [3.05, 3.63) is 59.4 Å². The number of thiocarbonyl (C=S) groups is 1. The molecule has 1 aliphatic rings. The number of aromatic nitrogens is 4. The van der Waals surface area contributed by atoms with E-state index in [1.807, 2.05) is 30.3 Å². The zero-order valence-corrected chi connectivity index (χ0v) is 20.1. The van der Waals surface area contributed by atoms with Crippen molar-refractivity contribution in [3.8, 4) is 0 Å². The fourth-order valence-corrected chi connectivity index (χ4v) is 4.58. The summed E-state index contributed by atoms with van der Waals surface area (Å²) in [7, 11) is 0. The molecule has 1 fully saturated rings. The summed E-state index contributed by atoms with van der Waals surface area (Å²) in [6, 6.07) is 11.9. The van der Waals surface area contributed by atoms with Crippen LogP contribution >= 0.6 is 35.6 Å². The highest BCUT2D eigenvalue weighted by atomic mass is 35.5. The molecule has 0 aliphatic carbocycles. The first-order valence-electron chi connectivity index (χ1n) is 10.5. The summed E-state index contributed by atoms with van der Waals surface area (Å²) >= 11 is 13.1. The smallest absolute Gasteiger partial charge is 0.232 e. The van der Waals surface area contributed by atoms with Gasteiger partial charge in [-0.3, -0.25) is 0 Å². The predicted molar refractivity (Wildman–Crippen MR) is 133 cm³/mol. The molecule has 0 saturated carbocycles. The Morgan fingerprint density at radius 3 is 2.78 bits per heavy atom. The highest BCUT2D eigenvalue weighted by Gasteiger charge is 2.21. The molecule has 1 aliphatic heterocycles. The van der Waals surface area contributed by atoms with Gasteiger partial charge in [0, 0.05) is 42.6 Å². The Labute approximate surface area is 202 Å². The van der Waals surface area contributed by atoms with Gasteiger partial charge in [0.1, 0.15) is 10.8 Å². The van der Waals surface area contributed by atoms with Crippen molar-refractivity contribution in [2.45, 2.75) is 49.0 Å². The summed E-state index contributed by atoms with van der Waals surface area (Å²) in [6.07, 6.45) is 6.98. The molecule has 2 N–H and O–H groups in total. The van der Waals surface area contributed by atoms with Gasteiger partial charge in [0.05, 0.1) is 0 Å². The fraction of sp³-hybridized carbons (Fsp3) is 0.318. The molecule has 3 aromatic rings. The zero-order chi connectivity index (χ0) is 22.3. The van der Waals surface area contributed by atoms with E-state index in [2.05, 4.69) is 37.4 Å². The first-order valence-corrected chi connectivity index (χ1v) is 12.1. The lowest BCUT2D eigenvalue weighted by Crippen LogP contribution is -2.38. The Kier molecular flexibility index (Phi) is 7.72. The van der Waals surface area contributed by atoms with E-state index in [0.29, 0.717) is 33.8 Å². The Morgan fingerprint density at radius 2 is 2.00 bits per heavy atom. The Balaban J connectivity index is 1.52. The molecule has 7 nitrogen and oxygen atoms in total. The van der Waals surface area contributed by atoms with Crippen molar-refractivity contribution < 1.29 is 0 Å². The van der Waals surface area contributed by atoms with Gasteiger partial charge < -0.3 is 15.5 Å². The Hall–Kier alpha value is -2.49. The average Bonchev–Trinajstić information content (AvgIpc) is 2.79. The molecule has 166 valence electrons. The third-order valence-electron chi connectivity index (χ3n) is 5.15. The molecule has 4 rings (SSSR count). The number of nitrogens with one attached hydrogen (secondary N) is 2. The molecule has 32 heavy (non-hydrogen) atoms. The Morgan fingerprint density at radius 1 is 1.19 bits per heavy atom. The number of piperidine rings is 1. The third-order valence-corrected chi connectivity index (χ3v) is 6.57. The summed E-state index contributed by atoms with van der Waals surface area (Å²) in [5.41, 5.74) is 0.965. The van der Waals surface area contributed by atoms with E-state index in [-0.39, 0.29) is 0 Å². The molecule has 1 aromatic carbocycles. The zero-order valence-electron chi connectivity index (χ0n) is 17.7. The van der Waals surface area contributed by atoms with Crippen molar-refractivity contribution in [2.75, 3.05) is 16.8 Å². The minimum Gasteiger partial charge on any atom is -0.358 e. The van der Waals surface area contributed by atoms with Gasteiger partial charge in [-0.05, 0) is 67.9 Å². The lowest BCUT2D eigenvalue weighted by atomic mass is 10.0. The Bertz CT molecular complexity index is 1070. The second-order valence-corrected chi connectivity index (χ2v) is 9.26. The van der Waals surface area contributed by atoms with Gasteiger partial charge in [0.15, 0.2) is 10.3 Å². The molecule has 10 heteroatoms. The van der Waals surface area contributed by atoms with Gasteiger partial charge in [-0.1, -0.05) is 29.8 Å². The van der Waals surface area contributed by atoms with Crippen LogP contribution in [-0.2, 0) is 6.54 Å². The first kappa shape index (κ1) is 22.7. The predicted octanol–water partition coefficient (Wildman–Crippen LogP) is 4.94. The van der Waals surface area contributed by atoms with E-state index in [1.54, 1.807) is 18.5 Å². The molecule has 3 heterocycles. The van der Waals surface area contributed by atoms with E-state index in [4.69, 9.17) is 28.8 Å². The summed E-state index contributed by atoms with van der Waals surface area (Å²) in [5.74, 6) is 1.32. The van der Waals surface area contributed by atoms with Crippen LogP contribution in [-0.4, -0.2) is 37.6 Å². The van der Waals surface area contributed by atoms with Gasteiger partial charge >= 0.3 is 0 Å². The van der Waals surface area contributed by atoms with Crippen LogP contribution in [0.15, 0.2) is 59.0 Å². The van der Waals surface area contributed by atoms with E-state index >= 15 is 0 Å². The summed E-state index contributed by atoms with van der Waals surface area (Å²) in [5, 5.41) is 8.82. The fourth-order valence-electron chi connectivity index (χ4n) is 3.50. The van der Waals surface area contributed by atoms with Crippen LogP contribution in [0.25, 0.3) is 0 Å². The van der Waals surface area contributed by atoms with Crippen molar-refractivity contribution >= 4 is 52.5 Å². The van der Waals surface area contributed by atoms with Gasteiger partial charge in [0.25, 0.3) is 0 Å². The largest absolute Gasteiger partial charge is 0.358 e. The van der Waals surface area contributed by atoms with Crippen LogP contribution in [0.4, 0.5) is 11.8 Å². The van der Waals surface area contributed by atoms with Gasteiger partial charge in [-0.15, -0.1) is 0 Å². The maximum Gasteiger partial charge on any atom is 0.232 e. The molecule has 1 atom stereocenters. The minimum atomic E-state index is 0.419. The van der Waals surface area contributed by atoms with Crippen molar-refractivity contribution in [2.24, 2.45) is 0 Å². The number of rotatable bonds is 6. The molecule has 0 unspecified atom stereocenters. The maximum atomic E-state index is 6.24. The van der Waals surface area contributed by atoms with Crippen molar-refractivity contribution in [1.29, 1.82) is 0 Å². The highest BCUT2D eigenvalue weighted by Crippen LogP contribution is 2.29. The van der Waals surface area contributed by atoms with E-state index in [9.17, 15) is 0 Å². The third kappa shape index (κ3) is 6.05. The van der Waals surface area contributed by atoms with Gasteiger partial charge in [-0.2, -0.15) is 4.98 Å². The van der Waals surface area contributed by atoms with Gasteiger partial charge in [-0.25, -0.2) is 15.0 Å². The number of anilines is 2. The summed E-state index contributed by atoms with van der Waals surface area (Å²) < 4.78 is 0. The molecular weight excluding hydrogens is 462 g/mol. The normalized spacial score (nSPS) is 15.9. The van der Waals surface area contributed by atoms with Crippen LogP contribution in [0.2, 0.25) is 5.02 Å². The number of benzene rings is 1. The molecule has 0 bridgehead atoms. The lowest BCUT2D eigenvalue weighted by molar-refractivity contribution is 0.480. The number of hydrogen-bond acceptors (Lipinski definition) is 7. The SMILES string of the molecule is C[C@@H]1CCCCN1c1cc(Sc2ncccn2)nc(NC(=S)NCc2ccccc2Cl)n1. The lowest BCUT2D eigenvalue weighted by Gasteiger charge is -2.34. The quantitative estimate of drug-likeness (QED) is 0.287. The monoisotopic (exact) mass is 485 g/mol. The minimum absolute atomic E-state index is 0.419. The van der Waals surface area contributed by atoms with Crippen molar-refractivity contribution in [1.82, 2.24) is 25.3 Å². The topological polar surface area (TPSA) is 78.9 Å². The van der Waals surface area contributed by atoms with Crippen LogP contribution in [0.3, 0.4) is 0 Å². The van der Waals surface area contributed by atoms with Crippen LogP contribution < -0.4 is 15.5 Å².